The molecule has 0 amide bonds. The molecule has 1 aliphatic heterocycles. The Morgan fingerprint density at radius 3 is 2.50 bits per heavy atom. The van der Waals surface area contributed by atoms with E-state index in [-0.39, 0.29) is 5.41 Å². The summed E-state index contributed by atoms with van der Waals surface area (Å²) >= 11 is 3.57. The molecule has 2 rings (SSSR count). The Morgan fingerprint density at radius 1 is 1.25 bits per heavy atom. The average molecular weight is 341 g/mol. The predicted octanol–water partition coefficient (Wildman–Crippen LogP) is 2.90. The van der Waals surface area contributed by atoms with Crippen molar-refractivity contribution in [2.24, 2.45) is 0 Å². The maximum Gasteiger partial charge on any atom is 0.122 e. The molecule has 1 aromatic rings. The third-order valence-electron chi connectivity index (χ3n) is 3.87. The van der Waals surface area contributed by atoms with Crippen molar-refractivity contribution in [3.05, 3.63) is 27.7 Å². The van der Waals surface area contributed by atoms with E-state index in [1.165, 1.54) is 0 Å². The van der Waals surface area contributed by atoms with E-state index in [0.717, 1.165) is 54.7 Å². The van der Waals surface area contributed by atoms with Crippen molar-refractivity contribution in [2.75, 3.05) is 32.7 Å². The van der Waals surface area contributed by atoms with E-state index < -0.39 is 0 Å². The first-order valence-electron chi connectivity index (χ1n) is 7.33. The van der Waals surface area contributed by atoms with Gasteiger partial charge < -0.3 is 15.3 Å². The van der Waals surface area contributed by atoms with Crippen LogP contribution in [0.15, 0.2) is 16.6 Å². The fraction of sp³-hybridized carbons (Fsp3) is 0.625. The number of nitrogens with zero attached hydrogens (tertiary/aromatic N) is 1. The van der Waals surface area contributed by atoms with Gasteiger partial charge in [-0.2, -0.15) is 0 Å². The zero-order valence-corrected chi connectivity index (χ0v) is 14.3. The van der Waals surface area contributed by atoms with Crippen LogP contribution in [0.1, 0.15) is 31.9 Å². The Labute approximate surface area is 130 Å². The minimum Gasteiger partial charge on any atom is -0.507 e. The maximum absolute atomic E-state index is 10.5. The Kier molecular flexibility index (Phi) is 5.10. The fourth-order valence-electron chi connectivity index (χ4n) is 2.63. The van der Waals surface area contributed by atoms with E-state index in [9.17, 15) is 5.11 Å². The van der Waals surface area contributed by atoms with Gasteiger partial charge in [0.05, 0.1) is 0 Å². The van der Waals surface area contributed by atoms with Gasteiger partial charge in [-0.05, 0) is 29.5 Å². The molecule has 4 heteroatoms. The van der Waals surface area contributed by atoms with Crippen molar-refractivity contribution >= 4 is 15.9 Å². The van der Waals surface area contributed by atoms with Crippen molar-refractivity contribution in [1.29, 1.82) is 0 Å². The summed E-state index contributed by atoms with van der Waals surface area (Å²) in [7, 11) is 0. The zero-order valence-electron chi connectivity index (χ0n) is 12.7. The topological polar surface area (TPSA) is 35.5 Å². The fourth-order valence-corrected chi connectivity index (χ4v) is 3.14. The van der Waals surface area contributed by atoms with Gasteiger partial charge >= 0.3 is 0 Å². The summed E-state index contributed by atoms with van der Waals surface area (Å²) in [5.41, 5.74) is 2.02. The first-order valence-corrected chi connectivity index (χ1v) is 8.12. The number of halogens is 1. The standard InChI is InChI=1S/C16H25BrN2O/c1-16(2,3)14-11-13(17)10-12(15(14)20)4-7-19-8-5-18-6-9-19/h10-11,18,20H,4-9H2,1-3H3. The summed E-state index contributed by atoms with van der Waals surface area (Å²) in [4.78, 5) is 2.45. The molecule has 1 aromatic carbocycles. The molecule has 1 aliphatic rings. The molecule has 0 atom stereocenters. The molecule has 1 fully saturated rings. The monoisotopic (exact) mass is 340 g/mol. The number of aromatic hydroxyl groups is 1. The lowest BCUT2D eigenvalue weighted by atomic mass is 9.85. The number of nitrogens with one attached hydrogen (secondary N) is 1. The molecular formula is C16H25BrN2O. The lowest BCUT2D eigenvalue weighted by Crippen LogP contribution is -2.44. The molecule has 20 heavy (non-hydrogen) atoms. The quantitative estimate of drug-likeness (QED) is 0.887. The molecule has 1 saturated heterocycles. The summed E-state index contributed by atoms with van der Waals surface area (Å²) in [6, 6.07) is 4.08. The van der Waals surface area contributed by atoms with Gasteiger partial charge in [0.25, 0.3) is 0 Å². The normalized spacial score (nSPS) is 17.4. The molecule has 1 heterocycles. The van der Waals surface area contributed by atoms with Gasteiger partial charge in [0.1, 0.15) is 5.75 Å². The minimum absolute atomic E-state index is 0.0440. The first-order chi connectivity index (χ1) is 9.38. The number of hydrogen-bond donors (Lipinski definition) is 2. The predicted molar refractivity (Wildman–Crippen MR) is 87.5 cm³/mol. The van der Waals surface area contributed by atoms with Crippen LogP contribution in [0, 0.1) is 0 Å². The van der Waals surface area contributed by atoms with E-state index in [1.54, 1.807) is 0 Å². The number of phenolic OH excluding ortho intramolecular Hbond substituents is 1. The van der Waals surface area contributed by atoms with E-state index >= 15 is 0 Å². The molecule has 0 saturated carbocycles. The van der Waals surface area contributed by atoms with Crippen LogP contribution in [-0.4, -0.2) is 42.7 Å². The Balaban J connectivity index is 2.12. The molecule has 0 bridgehead atoms. The number of benzene rings is 1. The van der Waals surface area contributed by atoms with Gasteiger partial charge in [-0.15, -0.1) is 0 Å². The van der Waals surface area contributed by atoms with Crippen molar-refractivity contribution in [3.8, 4) is 5.75 Å². The molecule has 0 unspecified atom stereocenters. The molecule has 2 N–H and O–H groups in total. The van der Waals surface area contributed by atoms with Gasteiger partial charge in [0.2, 0.25) is 0 Å². The van der Waals surface area contributed by atoms with Crippen LogP contribution in [0.3, 0.4) is 0 Å². The molecule has 0 aliphatic carbocycles. The van der Waals surface area contributed by atoms with Gasteiger partial charge in [0, 0.05) is 42.8 Å². The van der Waals surface area contributed by atoms with Gasteiger partial charge in [-0.1, -0.05) is 36.7 Å². The highest BCUT2D eigenvalue weighted by Crippen LogP contribution is 2.36. The SMILES string of the molecule is CC(C)(C)c1cc(Br)cc(CCN2CCNCC2)c1O. The zero-order chi connectivity index (χ0) is 14.8. The molecule has 0 spiro atoms. The second-order valence-corrected chi connectivity index (χ2v) is 7.47. The van der Waals surface area contributed by atoms with E-state index in [4.69, 9.17) is 0 Å². The summed E-state index contributed by atoms with van der Waals surface area (Å²) in [6.45, 7) is 11.7. The largest absolute Gasteiger partial charge is 0.507 e. The molecular weight excluding hydrogens is 316 g/mol. The Hall–Kier alpha value is -0.580. The highest BCUT2D eigenvalue weighted by molar-refractivity contribution is 9.10. The number of rotatable bonds is 3. The summed E-state index contributed by atoms with van der Waals surface area (Å²) in [6.07, 6.45) is 0.897. The number of piperazine rings is 1. The van der Waals surface area contributed by atoms with Gasteiger partial charge in [-0.25, -0.2) is 0 Å². The van der Waals surface area contributed by atoms with Crippen molar-refractivity contribution in [3.63, 3.8) is 0 Å². The van der Waals surface area contributed by atoms with E-state index in [1.807, 2.05) is 12.1 Å². The van der Waals surface area contributed by atoms with Crippen LogP contribution >= 0.6 is 15.9 Å². The van der Waals surface area contributed by atoms with Crippen LogP contribution in [0.2, 0.25) is 0 Å². The number of phenols is 1. The third kappa shape index (κ3) is 3.96. The Morgan fingerprint density at radius 2 is 1.90 bits per heavy atom. The van der Waals surface area contributed by atoms with Crippen LogP contribution in [0.25, 0.3) is 0 Å². The van der Waals surface area contributed by atoms with Crippen molar-refractivity contribution in [2.45, 2.75) is 32.6 Å². The summed E-state index contributed by atoms with van der Waals surface area (Å²) in [5.74, 6) is 0.468. The lowest BCUT2D eigenvalue weighted by molar-refractivity contribution is 0.243. The number of hydrogen-bond acceptors (Lipinski definition) is 3. The van der Waals surface area contributed by atoms with Crippen LogP contribution < -0.4 is 5.32 Å². The van der Waals surface area contributed by atoms with E-state index in [2.05, 4.69) is 46.9 Å². The third-order valence-corrected chi connectivity index (χ3v) is 4.33. The van der Waals surface area contributed by atoms with E-state index in [0.29, 0.717) is 5.75 Å². The summed E-state index contributed by atoms with van der Waals surface area (Å²) < 4.78 is 1.05. The van der Waals surface area contributed by atoms with Crippen molar-refractivity contribution in [1.82, 2.24) is 10.2 Å². The van der Waals surface area contributed by atoms with Crippen LogP contribution in [0.4, 0.5) is 0 Å². The highest BCUT2D eigenvalue weighted by atomic mass is 79.9. The summed E-state index contributed by atoms with van der Waals surface area (Å²) in [5, 5.41) is 13.9. The molecule has 0 radical (unpaired) electrons. The second-order valence-electron chi connectivity index (χ2n) is 6.55. The van der Waals surface area contributed by atoms with Crippen LogP contribution in [0.5, 0.6) is 5.75 Å². The van der Waals surface area contributed by atoms with Crippen LogP contribution in [-0.2, 0) is 11.8 Å². The molecule has 112 valence electrons. The minimum atomic E-state index is -0.0440. The van der Waals surface area contributed by atoms with Gasteiger partial charge in [0.15, 0.2) is 0 Å². The average Bonchev–Trinajstić information content (AvgIpc) is 2.39. The first kappa shape index (κ1) is 15.8. The lowest BCUT2D eigenvalue weighted by Gasteiger charge is -2.28. The second kappa shape index (κ2) is 6.46. The van der Waals surface area contributed by atoms with Crippen molar-refractivity contribution < 1.29 is 5.11 Å². The maximum atomic E-state index is 10.5. The highest BCUT2D eigenvalue weighted by Gasteiger charge is 2.21. The Bertz CT molecular complexity index is 462. The molecule has 0 aromatic heterocycles. The smallest absolute Gasteiger partial charge is 0.122 e. The molecule has 3 nitrogen and oxygen atoms in total. The van der Waals surface area contributed by atoms with Gasteiger partial charge in [-0.3, -0.25) is 0 Å².